The van der Waals surface area contributed by atoms with Crippen LogP contribution in [0.15, 0.2) is 0 Å². The summed E-state index contributed by atoms with van der Waals surface area (Å²) in [6.07, 6.45) is 1.23. The van der Waals surface area contributed by atoms with Gasteiger partial charge in [-0.3, -0.25) is 4.57 Å². The van der Waals surface area contributed by atoms with E-state index >= 15 is 0 Å². The third kappa shape index (κ3) is 1.95. The Labute approximate surface area is 78.5 Å². The molecule has 0 aromatic carbocycles. The Morgan fingerprint density at radius 1 is 1.31 bits per heavy atom. The minimum Gasteiger partial charge on any atom is -0.317 e. The van der Waals surface area contributed by atoms with Gasteiger partial charge in [0.2, 0.25) is 0 Å². The second kappa shape index (κ2) is 4.07. The minimum absolute atomic E-state index is 0.617. The lowest BCUT2D eigenvalue weighted by molar-refractivity contribution is 0.227. The number of nitrogens with two attached hydrogens (primary N) is 1. The molecule has 6 heteroatoms. The van der Waals surface area contributed by atoms with Crippen LogP contribution in [0.4, 0.5) is 0 Å². The summed E-state index contributed by atoms with van der Waals surface area (Å²) >= 11 is 0. The van der Waals surface area contributed by atoms with Gasteiger partial charge in [-0.2, -0.15) is 0 Å². The SMILES string of the molecule is COP(=O)(OC)C1(N)CCNCC1. The topological polar surface area (TPSA) is 73.6 Å². The molecule has 0 aromatic rings. The first kappa shape index (κ1) is 11.1. The van der Waals surface area contributed by atoms with Crippen LogP contribution < -0.4 is 11.1 Å². The van der Waals surface area contributed by atoms with E-state index in [1.54, 1.807) is 0 Å². The summed E-state index contributed by atoms with van der Waals surface area (Å²) in [5, 5.41) is 2.33. The van der Waals surface area contributed by atoms with Crippen LogP contribution in [0.1, 0.15) is 12.8 Å². The summed E-state index contributed by atoms with van der Waals surface area (Å²) in [5.74, 6) is 0. The second-order valence-electron chi connectivity index (χ2n) is 3.22. The summed E-state index contributed by atoms with van der Waals surface area (Å²) < 4.78 is 21.9. The van der Waals surface area contributed by atoms with E-state index in [1.165, 1.54) is 14.2 Å². The van der Waals surface area contributed by atoms with Gasteiger partial charge >= 0.3 is 7.60 Å². The number of hydrogen-bond donors (Lipinski definition) is 2. The van der Waals surface area contributed by atoms with Crippen molar-refractivity contribution in [2.24, 2.45) is 5.73 Å². The fraction of sp³-hybridized carbons (Fsp3) is 1.00. The molecule has 1 saturated heterocycles. The first-order valence-electron chi connectivity index (χ1n) is 4.29. The van der Waals surface area contributed by atoms with Gasteiger partial charge in [-0.05, 0) is 25.9 Å². The number of nitrogens with one attached hydrogen (secondary N) is 1. The Bertz CT molecular complexity index is 208. The molecule has 0 saturated carbocycles. The molecule has 0 bridgehead atoms. The van der Waals surface area contributed by atoms with Crippen LogP contribution in [0.3, 0.4) is 0 Å². The Balaban J connectivity index is 2.81. The smallest absolute Gasteiger partial charge is 0.317 e. The zero-order valence-corrected chi connectivity index (χ0v) is 8.97. The molecule has 13 heavy (non-hydrogen) atoms. The average Bonchev–Trinajstić information content (AvgIpc) is 2.17. The molecule has 0 radical (unpaired) electrons. The highest BCUT2D eigenvalue weighted by Gasteiger charge is 2.47. The van der Waals surface area contributed by atoms with E-state index in [4.69, 9.17) is 14.8 Å². The van der Waals surface area contributed by atoms with Crippen LogP contribution in [-0.2, 0) is 13.6 Å². The third-order valence-corrected chi connectivity index (χ3v) is 4.99. The van der Waals surface area contributed by atoms with Crippen molar-refractivity contribution in [3.63, 3.8) is 0 Å². The number of hydrogen-bond acceptors (Lipinski definition) is 5. The summed E-state index contributed by atoms with van der Waals surface area (Å²) in [6, 6.07) is 0. The average molecular weight is 208 g/mol. The maximum absolute atomic E-state index is 12.0. The lowest BCUT2D eigenvalue weighted by Crippen LogP contribution is -2.49. The molecule has 0 amide bonds. The number of piperidine rings is 1. The van der Waals surface area contributed by atoms with Crippen LogP contribution in [0.5, 0.6) is 0 Å². The van der Waals surface area contributed by atoms with Crippen molar-refractivity contribution in [2.75, 3.05) is 27.3 Å². The molecule has 3 N–H and O–H groups in total. The molecule has 1 fully saturated rings. The van der Waals surface area contributed by atoms with E-state index in [1.807, 2.05) is 0 Å². The molecule has 1 aliphatic rings. The van der Waals surface area contributed by atoms with E-state index < -0.39 is 12.9 Å². The summed E-state index contributed by atoms with van der Waals surface area (Å²) in [4.78, 5) is 0. The molecule has 5 nitrogen and oxygen atoms in total. The van der Waals surface area contributed by atoms with Gasteiger partial charge in [0.1, 0.15) is 5.28 Å². The molecular weight excluding hydrogens is 191 g/mol. The van der Waals surface area contributed by atoms with Gasteiger partial charge in [0.05, 0.1) is 0 Å². The maximum Gasteiger partial charge on any atom is 0.349 e. The highest BCUT2D eigenvalue weighted by Crippen LogP contribution is 2.59. The molecule has 78 valence electrons. The van der Waals surface area contributed by atoms with Crippen molar-refractivity contribution in [2.45, 2.75) is 18.1 Å². The quantitative estimate of drug-likeness (QED) is 0.661. The fourth-order valence-electron chi connectivity index (χ4n) is 1.57. The molecule has 0 aliphatic carbocycles. The predicted octanol–water partition coefficient (Wildman–Crippen LogP) is 0.511. The van der Waals surface area contributed by atoms with Crippen molar-refractivity contribution in [3.8, 4) is 0 Å². The lowest BCUT2D eigenvalue weighted by atomic mass is 10.1. The maximum atomic E-state index is 12.0. The second-order valence-corrected chi connectivity index (χ2v) is 5.83. The molecule has 1 rings (SSSR count). The molecule has 1 heterocycles. The lowest BCUT2D eigenvalue weighted by Gasteiger charge is -2.37. The normalized spacial score (nSPS) is 23.0. The zero-order valence-electron chi connectivity index (χ0n) is 8.08. The molecular formula is C7H17N2O3P. The highest BCUT2D eigenvalue weighted by atomic mass is 31.2. The van der Waals surface area contributed by atoms with E-state index in [-0.39, 0.29) is 0 Å². The molecule has 1 aliphatic heterocycles. The van der Waals surface area contributed by atoms with Crippen molar-refractivity contribution in [1.29, 1.82) is 0 Å². The van der Waals surface area contributed by atoms with Gasteiger partial charge in [0.25, 0.3) is 0 Å². The standard InChI is InChI=1S/C7H17N2O3P/c1-11-13(10,12-2)7(8)3-5-9-6-4-7/h9H,3-6,8H2,1-2H3. The summed E-state index contributed by atoms with van der Waals surface area (Å²) in [5.41, 5.74) is 6.01. The summed E-state index contributed by atoms with van der Waals surface area (Å²) in [7, 11) is -0.379. The van der Waals surface area contributed by atoms with E-state index in [9.17, 15) is 4.57 Å². The predicted molar refractivity (Wildman–Crippen MR) is 50.6 cm³/mol. The first-order chi connectivity index (χ1) is 6.08. The van der Waals surface area contributed by atoms with E-state index in [2.05, 4.69) is 5.32 Å². The van der Waals surface area contributed by atoms with Crippen molar-refractivity contribution in [1.82, 2.24) is 5.32 Å². The van der Waals surface area contributed by atoms with Gasteiger partial charge in [0.15, 0.2) is 0 Å². The zero-order chi connectivity index (χ0) is 9.95. The van der Waals surface area contributed by atoms with Crippen molar-refractivity contribution in [3.05, 3.63) is 0 Å². The van der Waals surface area contributed by atoms with Gasteiger partial charge < -0.3 is 20.1 Å². The van der Waals surface area contributed by atoms with Crippen LogP contribution in [-0.4, -0.2) is 32.6 Å². The number of rotatable bonds is 3. The van der Waals surface area contributed by atoms with Gasteiger partial charge in [0, 0.05) is 14.2 Å². The Kier molecular flexibility index (Phi) is 3.49. The first-order valence-corrected chi connectivity index (χ1v) is 5.83. The summed E-state index contributed by atoms with van der Waals surface area (Å²) in [6.45, 7) is 1.51. The molecule has 0 spiro atoms. The minimum atomic E-state index is -3.13. The molecule has 0 atom stereocenters. The van der Waals surface area contributed by atoms with Gasteiger partial charge in [-0.1, -0.05) is 0 Å². The van der Waals surface area contributed by atoms with E-state index in [0.29, 0.717) is 12.8 Å². The molecule has 0 aromatic heterocycles. The molecule has 0 unspecified atom stereocenters. The van der Waals surface area contributed by atoms with Gasteiger partial charge in [-0.15, -0.1) is 0 Å². The Hall–Kier alpha value is 0.0700. The highest BCUT2D eigenvalue weighted by molar-refractivity contribution is 7.55. The van der Waals surface area contributed by atoms with Crippen LogP contribution in [0.2, 0.25) is 0 Å². The van der Waals surface area contributed by atoms with Crippen molar-refractivity contribution >= 4 is 7.60 Å². The van der Waals surface area contributed by atoms with E-state index in [0.717, 1.165) is 13.1 Å². The van der Waals surface area contributed by atoms with Crippen molar-refractivity contribution < 1.29 is 13.6 Å². The Morgan fingerprint density at radius 2 is 1.77 bits per heavy atom. The van der Waals surface area contributed by atoms with Crippen LogP contribution in [0.25, 0.3) is 0 Å². The monoisotopic (exact) mass is 208 g/mol. The third-order valence-electron chi connectivity index (χ3n) is 2.50. The van der Waals surface area contributed by atoms with Gasteiger partial charge in [-0.25, -0.2) is 0 Å². The largest absolute Gasteiger partial charge is 0.349 e. The Morgan fingerprint density at radius 3 is 2.15 bits per heavy atom. The van der Waals surface area contributed by atoms with Crippen LogP contribution in [0, 0.1) is 0 Å². The fourth-order valence-corrected chi connectivity index (χ4v) is 3.22. The van der Waals surface area contributed by atoms with Crippen LogP contribution >= 0.6 is 7.60 Å².